The average Bonchev–Trinajstić information content (AvgIpc) is 3.11. The number of benzene rings is 2. The largest absolute Gasteiger partial charge is 0.350 e. The zero-order chi connectivity index (χ0) is 19.7. The fourth-order valence-electron chi connectivity index (χ4n) is 3.76. The Labute approximate surface area is 164 Å². The third-order valence-electron chi connectivity index (χ3n) is 5.32. The van der Waals surface area contributed by atoms with Crippen molar-refractivity contribution in [3.8, 4) is 0 Å². The first-order valence-corrected chi connectivity index (χ1v) is 10.8. The Bertz CT molecular complexity index is 1110. The molecule has 1 amide bonds. The highest BCUT2D eigenvalue weighted by molar-refractivity contribution is 7.89. The summed E-state index contributed by atoms with van der Waals surface area (Å²) in [6.07, 6.45) is 3.30. The summed E-state index contributed by atoms with van der Waals surface area (Å²) in [7, 11) is -1.62. The topological polar surface area (TPSA) is 71.4 Å². The van der Waals surface area contributed by atoms with Crippen molar-refractivity contribution >= 4 is 32.5 Å². The fraction of sp³-hybridized carbons (Fsp3) is 0.286. The van der Waals surface area contributed by atoms with Crippen LogP contribution in [0.25, 0.3) is 10.9 Å². The van der Waals surface area contributed by atoms with Gasteiger partial charge in [0, 0.05) is 37.2 Å². The van der Waals surface area contributed by atoms with E-state index in [4.69, 9.17) is 0 Å². The van der Waals surface area contributed by atoms with Crippen LogP contribution in [0.15, 0.2) is 65.7 Å². The van der Waals surface area contributed by atoms with E-state index in [1.807, 2.05) is 42.1 Å². The summed E-state index contributed by atoms with van der Waals surface area (Å²) in [4.78, 5) is 13.2. The molecular formula is C21H23N3O3S. The lowest BCUT2D eigenvalue weighted by Gasteiger charge is -2.31. The number of hydrogen-bond donors (Lipinski definition) is 1. The van der Waals surface area contributed by atoms with Gasteiger partial charge in [-0.25, -0.2) is 8.42 Å². The summed E-state index contributed by atoms with van der Waals surface area (Å²) in [6.45, 7) is 0.642. The smallest absolute Gasteiger partial charge is 0.243 e. The Morgan fingerprint density at radius 3 is 2.64 bits per heavy atom. The summed E-state index contributed by atoms with van der Waals surface area (Å²) >= 11 is 0. The lowest BCUT2D eigenvalue weighted by molar-refractivity contribution is -0.120. The Hall–Kier alpha value is -2.64. The molecule has 0 radical (unpaired) electrons. The molecule has 2 aromatic carbocycles. The molecule has 0 aliphatic carbocycles. The Balaban J connectivity index is 1.52. The molecule has 1 aliphatic rings. The lowest BCUT2D eigenvalue weighted by Crippen LogP contribution is -2.43. The molecule has 1 aromatic heterocycles. The fourth-order valence-corrected chi connectivity index (χ4v) is 5.31. The van der Waals surface area contributed by atoms with Gasteiger partial charge < -0.3 is 9.88 Å². The average molecular weight is 398 g/mol. The van der Waals surface area contributed by atoms with Crippen LogP contribution in [0.3, 0.4) is 0 Å². The molecule has 0 bridgehead atoms. The predicted molar refractivity (Wildman–Crippen MR) is 109 cm³/mol. The minimum Gasteiger partial charge on any atom is -0.350 e. The first-order chi connectivity index (χ1) is 13.5. The summed E-state index contributed by atoms with van der Waals surface area (Å²) in [5.74, 6) is -0.504. The SMILES string of the molecule is Cn1ccc2c(NC(=O)C3CCCN(S(=O)(=O)c4ccccc4)C3)cccc21. The molecule has 0 spiro atoms. The van der Waals surface area contributed by atoms with E-state index in [2.05, 4.69) is 5.32 Å². The van der Waals surface area contributed by atoms with Crippen LogP contribution >= 0.6 is 0 Å². The molecule has 0 saturated carbocycles. The Kier molecular flexibility index (Phi) is 4.95. The number of fused-ring (bicyclic) bond motifs is 1. The summed E-state index contributed by atoms with van der Waals surface area (Å²) in [5.41, 5.74) is 1.79. The summed E-state index contributed by atoms with van der Waals surface area (Å²) in [5, 5.41) is 3.98. The molecule has 1 aliphatic heterocycles. The minimum absolute atomic E-state index is 0.135. The molecule has 2 heterocycles. The number of carbonyl (C=O) groups excluding carboxylic acids is 1. The van der Waals surface area contributed by atoms with Gasteiger partial charge in [-0.2, -0.15) is 4.31 Å². The zero-order valence-electron chi connectivity index (χ0n) is 15.7. The van der Waals surface area contributed by atoms with Crippen molar-refractivity contribution in [1.82, 2.24) is 8.87 Å². The number of aryl methyl sites for hydroxylation is 1. The normalized spacial score (nSPS) is 18.2. The maximum atomic E-state index is 12.9. The van der Waals surface area contributed by atoms with Crippen LogP contribution in [0.2, 0.25) is 0 Å². The zero-order valence-corrected chi connectivity index (χ0v) is 16.5. The number of sulfonamides is 1. The van der Waals surface area contributed by atoms with Crippen LogP contribution in [0.4, 0.5) is 5.69 Å². The van der Waals surface area contributed by atoms with Crippen molar-refractivity contribution in [2.24, 2.45) is 13.0 Å². The van der Waals surface area contributed by atoms with E-state index in [1.54, 1.807) is 30.3 Å². The maximum absolute atomic E-state index is 12.9. The number of nitrogens with zero attached hydrogens (tertiary/aromatic N) is 2. The summed E-state index contributed by atoms with van der Waals surface area (Å²) < 4.78 is 29.2. The van der Waals surface area contributed by atoms with Crippen LogP contribution < -0.4 is 5.32 Å². The van der Waals surface area contributed by atoms with Gasteiger partial charge in [0.25, 0.3) is 0 Å². The highest BCUT2D eigenvalue weighted by Gasteiger charge is 2.33. The van der Waals surface area contributed by atoms with Crippen LogP contribution in [-0.4, -0.2) is 36.3 Å². The van der Waals surface area contributed by atoms with Gasteiger partial charge in [-0.3, -0.25) is 4.79 Å². The van der Waals surface area contributed by atoms with Gasteiger partial charge in [-0.15, -0.1) is 0 Å². The van der Waals surface area contributed by atoms with E-state index in [1.165, 1.54) is 4.31 Å². The van der Waals surface area contributed by atoms with Crippen molar-refractivity contribution in [3.63, 3.8) is 0 Å². The van der Waals surface area contributed by atoms with Gasteiger partial charge in [-0.1, -0.05) is 24.3 Å². The van der Waals surface area contributed by atoms with Crippen molar-refractivity contribution < 1.29 is 13.2 Å². The minimum atomic E-state index is -3.58. The quantitative estimate of drug-likeness (QED) is 0.735. The lowest BCUT2D eigenvalue weighted by atomic mass is 9.98. The third-order valence-corrected chi connectivity index (χ3v) is 7.20. The Morgan fingerprint density at radius 1 is 1.07 bits per heavy atom. The van der Waals surface area contributed by atoms with Crippen LogP contribution in [0.1, 0.15) is 12.8 Å². The molecule has 1 saturated heterocycles. The van der Waals surface area contributed by atoms with Crippen LogP contribution in [0.5, 0.6) is 0 Å². The van der Waals surface area contributed by atoms with Crippen molar-refractivity contribution in [2.75, 3.05) is 18.4 Å². The van der Waals surface area contributed by atoms with Crippen LogP contribution in [-0.2, 0) is 21.9 Å². The standard InChI is InChI=1S/C21H23N3O3S/c1-23-14-12-18-19(10-5-11-20(18)23)22-21(25)16-7-6-13-24(15-16)28(26,27)17-8-3-2-4-9-17/h2-5,8-12,14,16H,6-7,13,15H2,1H3,(H,22,25). The summed E-state index contributed by atoms with van der Waals surface area (Å²) in [6, 6.07) is 16.1. The van der Waals surface area contributed by atoms with Gasteiger partial charge in [0.1, 0.15) is 0 Å². The van der Waals surface area contributed by atoms with Gasteiger partial charge in [0.05, 0.1) is 16.5 Å². The highest BCUT2D eigenvalue weighted by Crippen LogP contribution is 2.27. The van der Waals surface area contributed by atoms with E-state index in [0.717, 1.165) is 16.6 Å². The molecule has 6 nitrogen and oxygen atoms in total. The molecule has 1 N–H and O–H groups in total. The number of amides is 1. The molecule has 28 heavy (non-hydrogen) atoms. The maximum Gasteiger partial charge on any atom is 0.243 e. The monoisotopic (exact) mass is 397 g/mol. The van der Waals surface area contributed by atoms with E-state index in [0.29, 0.717) is 19.4 Å². The molecule has 1 unspecified atom stereocenters. The van der Waals surface area contributed by atoms with Crippen molar-refractivity contribution in [3.05, 3.63) is 60.8 Å². The number of anilines is 1. The van der Waals surface area contributed by atoms with Crippen molar-refractivity contribution in [2.45, 2.75) is 17.7 Å². The second-order valence-corrected chi connectivity index (χ2v) is 9.11. The first kappa shape index (κ1) is 18.7. The molecule has 146 valence electrons. The van der Waals surface area contributed by atoms with Gasteiger partial charge in [-0.05, 0) is 43.2 Å². The number of aromatic nitrogens is 1. The van der Waals surface area contributed by atoms with E-state index in [-0.39, 0.29) is 23.3 Å². The number of nitrogens with one attached hydrogen (secondary N) is 1. The molecule has 4 rings (SSSR count). The van der Waals surface area contributed by atoms with Gasteiger partial charge in [0.15, 0.2) is 0 Å². The molecule has 3 aromatic rings. The molecule has 7 heteroatoms. The predicted octanol–water partition coefficient (Wildman–Crippen LogP) is 3.22. The van der Waals surface area contributed by atoms with Gasteiger partial charge >= 0.3 is 0 Å². The van der Waals surface area contributed by atoms with E-state index in [9.17, 15) is 13.2 Å². The molecule has 1 fully saturated rings. The second kappa shape index (κ2) is 7.41. The van der Waals surface area contributed by atoms with E-state index >= 15 is 0 Å². The number of hydrogen-bond acceptors (Lipinski definition) is 3. The Morgan fingerprint density at radius 2 is 1.86 bits per heavy atom. The van der Waals surface area contributed by atoms with Crippen LogP contribution in [0, 0.1) is 5.92 Å². The number of piperidine rings is 1. The second-order valence-electron chi connectivity index (χ2n) is 7.17. The number of carbonyl (C=O) groups is 1. The first-order valence-electron chi connectivity index (χ1n) is 9.37. The van der Waals surface area contributed by atoms with Crippen molar-refractivity contribution in [1.29, 1.82) is 0 Å². The van der Waals surface area contributed by atoms with Gasteiger partial charge in [0.2, 0.25) is 15.9 Å². The molecule has 1 atom stereocenters. The third kappa shape index (κ3) is 3.43. The molecular weight excluding hydrogens is 374 g/mol. The number of rotatable bonds is 4. The van der Waals surface area contributed by atoms with E-state index < -0.39 is 10.0 Å². The highest BCUT2D eigenvalue weighted by atomic mass is 32.2.